The quantitative estimate of drug-likeness (QED) is 0.480. The number of nitrogens with zero attached hydrogens (tertiary/aromatic N) is 1. The van der Waals surface area contributed by atoms with Crippen molar-refractivity contribution in [2.24, 2.45) is 0 Å². The van der Waals surface area contributed by atoms with E-state index < -0.39 is 0 Å². The fourth-order valence-corrected chi connectivity index (χ4v) is 3.61. The van der Waals surface area contributed by atoms with Crippen molar-refractivity contribution in [3.63, 3.8) is 0 Å². The smallest absolute Gasteiger partial charge is 0.251 e. The molecule has 0 aliphatic rings. The summed E-state index contributed by atoms with van der Waals surface area (Å²) in [5, 5.41) is 0. The topological polar surface area (TPSA) is 45.8 Å². The van der Waals surface area contributed by atoms with E-state index in [9.17, 15) is 4.79 Å². The van der Waals surface area contributed by atoms with Gasteiger partial charge in [-0.3, -0.25) is 4.79 Å². The summed E-state index contributed by atoms with van der Waals surface area (Å²) >= 11 is 0. The van der Waals surface area contributed by atoms with E-state index in [2.05, 4.69) is 55.2 Å². The highest BCUT2D eigenvalue weighted by molar-refractivity contribution is 5.55. The van der Waals surface area contributed by atoms with Gasteiger partial charge < -0.3 is 4.98 Å². The maximum absolute atomic E-state index is 12.5. The highest BCUT2D eigenvalue weighted by Gasteiger charge is 2.20. The molecule has 0 radical (unpaired) electrons. The first-order valence-electron chi connectivity index (χ1n) is 9.93. The molecule has 1 aromatic heterocycles. The molecule has 0 spiro atoms. The third kappa shape index (κ3) is 4.19. The zero-order valence-corrected chi connectivity index (χ0v) is 16.7. The minimum Gasteiger partial charge on any atom is -0.307 e. The van der Waals surface area contributed by atoms with Crippen molar-refractivity contribution in [2.45, 2.75) is 25.7 Å². The van der Waals surface area contributed by atoms with Crippen LogP contribution in [-0.2, 0) is 0 Å². The average molecular weight is 380 g/mol. The minimum absolute atomic E-state index is 0.109. The molecule has 1 unspecified atom stereocenters. The van der Waals surface area contributed by atoms with Gasteiger partial charge in [0, 0.05) is 11.6 Å². The van der Waals surface area contributed by atoms with Crippen LogP contribution in [0.15, 0.2) is 95.8 Å². The molecule has 144 valence electrons. The Hall–Kier alpha value is -3.46. The van der Waals surface area contributed by atoms with E-state index in [1.165, 1.54) is 5.56 Å². The summed E-state index contributed by atoms with van der Waals surface area (Å²) in [7, 11) is 0. The van der Waals surface area contributed by atoms with Gasteiger partial charge in [-0.1, -0.05) is 98.8 Å². The van der Waals surface area contributed by atoms with Crippen molar-refractivity contribution in [2.75, 3.05) is 0 Å². The Labute approximate surface area is 171 Å². The Balaban J connectivity index is 1.86. The number of hydrogen-bond donors (Lipinski definition) is 1. The van der Waals surface area contributed by atoms with E-state index >= 15 is 0 Å². The summed E-state index contributed by atoms with van der Waals surface area (Å²) in [6.07, 6.45) is 0. The second-order valence-corrected chi connectivity index (χ2v) is 7.55. The zero-order chi connectivity index (χ0) is 20.2. The summed E-state index contributed by atoms with van der Waals surface area (Å²) in [6.45, 7) is 4.38. The molecule has 0 bridgehead atoms. The number of aromatic amines is 1. The van der Waals surface area contributed by atoms with Crippen LogP contribution in [0.4, 0.5) is 0 Å². The molecule has 29 heavy (non-hydrogen) atoms. The Morgan fingerprint density at radius 1 is 0.724 bits per heavy atom. The predicted molar refractivity (Wildman–Crippen MR) is 118 cm³/mol. The summed E-state index contributed by atoms with van der Waals surface area (Å²) in [5.41, 5.74) is 5.03. The third-order valence-corrected chi connectivity index (χ3v) is 5.17. The van der Waals surface area contributed by atoms with E-state index in [-0.39, 0.29) is 11.5 Å². The number of hydrogen-bond acceptors (Lipinski definition) is 2. The van der Waals surface area contributed by atoms with E-state index in [1.54, 1.807) is 6.07 Å². The van der Waals surface area contributed by atoms with Gasteiger partial charge in [0.2, 0.25) is 0 Å². The van der Waals surface area contributed by atoms with Gasteiger partial charge in [0.15, 0.2) is 0 Å². The van der Waals surface area contributed by atoms with Crippen LogP contribution in [0.5, 0.6) is 0 Å². The molecule has 1 atom stereocenters. The first-order chi connectivity index (χ1) is 14.1. The van der Waals surface area contributed by atoms with E-state index in [4.69, 9.17) is 4.98 Å². The Kier molecular flexibility index (Phi) is 5.39. The van der Waals surface area contributed by atoms with E-state index in [1.807, 2.05) is 48.5 Å². The van der Waals surface area contributed by atoms with Crippen molar-refractivity contribution < 1.29 is 0 Å². The average Bonchev–Trinajstić information content (AvgIpc) is 2.75. The van der Waals surface area contributed by atoms with Crippen LogP contribution < -0.4 is 5.56 Å². The van der Waals surface area contributed by atoms with E-state index in [0.29, 0.717) is 11.7 Å². The Bertz CT molecular complexity index is 1130. The highest BCUT2D eigenvalue weighted by Crippen LogP contribution is 2.31. The lowest BCUT2D eigenvalue weighted by atomic mass is 9.87. The van der Waals surface area contributed by atoms with Gasteiger partial charge in [-0.2, -0.15) is 0 Å². The molecule has 3 aromatic carbocycles. The maximum Gasteiger partial charge on any atom is 0.251 e. The van der Waals surface area contributed by atoms with Crippen LogP contribution in [0.1, 0.15) is 48.1 Å². The molecule has 3 heteroatoms. The van der Waals surface area contributed by atoms with Crippen LogP contribution in [0, 0.1) is 0 Å². The molecule has 4 rings (SSSR count). The highest BCUT2D eigenvalue weighted by atomic mass is 16.1. The van der Waals surface area contributed by atoms with Crippen LogP contribution >= 0.6 is 0 Å². The van der Waals surface area contributed by atoms with Gasteiger partial charge in [0.05, 0.1) is 11.6 Å². The van der Waals surface area contributed by atoms with Gasteiger partial charge in [0.25, 0.3) is 5.56 Å². The molecule has 0 saturated heterocycles. The molecule has 0 aliphatic heterocycles. The lowest BCUT2D eigenvalue weighted by Crippen LogP contribution is -2.14. The molecular weight excluding hydrogens is 356 g/mol. The monoisotopic (exact) mass is 380 g/mol. The SMILES string of the molecule is CC(C)c1ccc(C(c2ccccc2)c2cc(=O)[nH]c(-c3ccccc3)n2)cc1. The molecule has 0 aliphatic carbocycles. The van der Waals surface area contributed by atoms with Crippen LogP contribution in [-0.4, -0.2) is 9.97 Å². The molecule has 1 N–H and O–H groups in total. The second kappa shape index (κ2) is 8.27. The molecule has 3 nitrogen and oxygen atoms in total. The van der Waals surface area contributed by atoms with Crippen LogP contribution in [0.2, 0.25) is 0 Å². The number of H-pyrrole nitrogens is 1. The molecule has 0 saturated carbocycles. The second-order valence-electron chi connectivity index (χ2n) is 7.55. The van der Waals surface area contributed by atoms with Crippen molar-refractivity contribution in [3.05, 3.63) is 124 Å². The first kappa shape index (κ1) is 18.9. The summed E-state index contributed by atoms with van der Waals surface area (Å²) in [5.74, 6) is 0.955. The van der Waals surface area contributed by atoms with Crippen molar-refractivity contribution in [1.82, 2.24) is 9.97 Å². The Morgan fingerprint density at radius 3 is 1.90 bits per heavy atom. The molecule has 0 fully saturated rings. The zero-order valence-electron chi connectivity index (χ0n) is 16.7. The molecule has 4 aromatic rings. The normalized spacial score (nSPS) is 12.1. The minimum atomic E-state index is -0.145. The van der Waals surface area contributed by atoms with Crippen LogP contribution in [0.3, 0.4) is 0 Å². The molecule has 1 heterocycles. The van der Waals surface area contributed by atoms with Gasteiger partial charge in [0.1, 0.15) is 5.82 Å². The van der Waals surface area contributed by atoms with Gasteiger partial charge >= 0.3 is 0 Å². The van der Waals surface area contributed by atoms with Crippen molar-refractivity contribution in [1.29, 1.82) is 0 Å². The lowest BCUT2D eigenvalue weighted by molar-refractivity contribution is 0.858. The number of nitrogens with one attached hydrogen (secondary N) is 1. The van der Waals surface area contributed by atoms with Gasteiger partial charge in [-0.05, 0) is 22.6 Å². The number of rotatable bonds is 5. The maximum atomic E-state index is 12.5. The van der Waals surface area contributed by atoms with E-state index in [0.717, 1.165) is 22.4 Å². The predicted octanol–water partition coefficient (Wildman–Crippen LogP) is 5.74. The largest absolute Gasteiger partial charge is 0.307 e. The van der Waals surface area contributed by atoms with Crippen molar-refractivity contribution >= 4 is 0 Å². The lowest BCUT2D eigenvalue weighted by Gasteiger charge is -2.19. The van der Waals surface area contributed by atoms with Gasteiger partial charge in [-0.15, -0.1) is 0 Å². The Morgan fingerprint density at radius 2 is 1.28 bits per heavy atom. The van der Waals surface area contributed by atoms with Gasteiger partial charge in [-0.25, -0.2) is 4.98 Å². The van der Waals surface area contributed by atoms with Crippen molar-refractivity contribution in [3.8, 4) is 11.4 Å². The standard InChI is InChI=1S/C26H24N2O/c1-18(2)19-13-15-21(16-14-19)25(20-9-5-3-6-10-20)23-17-24(29)28-26(27-23)22-11-7-4-8-12-22/h3-18,25H,1-2H3,(H,27,28,29). The summed E-state index contributed by atoms with van der Waals surface area (Å²) < 4.78 is 0. The molecular formula is C26H24N2O. The fraction of sp³-hybridized carbons (Fsp3) is 0.154. The summed E-state index contributed by atoms with van der Waals surface area (Å²) in [6, 6.07) is 30.2. The number of aromatic nitrogens is 2. The fourth-order valence-electron chi connectivity index (χ4n) is 3.61. The van der Waals surface area contributed by atoms with Crippen LogP contribution in [0.25, 0.3) is 11.4 Å². The number of benzene rings is 3. The first-order valence-corrected chi connectivity index (χ1v) is 9.93. The third-order valence-electron chi connectivity index (χ3n) is 5.17. The molecule has 0 amide bonds. The summed E-state index contributed by atoms with van der Waals surface area (Å²) in [4.78, 5) is 20.2.